The third-order valence-electron chi connectivity index (χ3n) is 3.47. The number of rotatable bonds is 7. The Balaban J connectivity index is 2.03. The van der Waals surface area contributed by atoms with E-state index in [9.17, 15) is 9.59 Å². The second-order valence-electron chi connectivity index (χ2n) is 5.41. The van der Waals surface area contributed by atoms with Gasteiger partial charge in [-0.1, -0.05) is 19.1 Å². The summed E-state index contributed by atoms with van der Waals surface area (Å²) in [5.74, 6) is 0.704. The lowest BCUT2D eigenvalue weighted by atomic mass is 10.2. The van der Waals surface area contributed by atoms with Gasteiger partial charge in [0.25, 0.3) is 5.91 Å². The minimum absolute atomic E-state index is 0.145. The fourth-order valence-corrected chi connectivity index (χ4v) is 2.25. The summed E-state index contributed by atoms with van der Waals surface area (Å²) in [6.45, 7) is 3.32. The van der Waals surface area contributed by atoms with Crippen molar-refractivity contribution in [2.45, 2.75) is 26.4 Å². The molecular formula is C19H22N2O4. The van der Waals surface area contributed by atoms with E-state index in [1.165, 1.54) is 6.92 Å². The first-order valence-corrected chi connectivity index (χ1v) is 8.01. The number of hydrogen-bond acceptors (Lipinski definition) is 4. The lowest BCUT2D eigenvalue weighted by Gasteiger charge is -2.19. The van der Waals surface area contributed by atoms with Gasteiger partial charge in [0.15, 0.2) is 17.6 Å². The lowest BCUT2D eigenvalue weighted by molar-refractivity contribution is -0.122. The predicted octanol–water partition coefficient (Wildman–Crippen LogP) is 3.45. The normalized spacial score (nSPS) is 11.3. The van der Waals surface area contributed by atoms with Crippen molar-refractivity contribution in [3.8, 4) is 11.5 Å². The van der Waals surface area contributed by atoms with Crippen LogP contribution in [0.5, 0.6) is 11.5 Å². The van der Waals surface area contributed by atoms with Crippen LogP contribution in [0.3, 0.4) is 0 Å². The van der Waals surface area contributed by atoms with E-state index in [0.717, 1.165) is 0 Å². The maximum atomic E-state index is 12.5. The van der Waals surface area contributed by atoms with Gasteiger partial charge in [0.2, 0.25) is 5.91 Å². The van der Waals surface area contributed by atoms with Crippen LogP contribution in [0.4, 0.5) is 11.4 Å². The molecule has 1 atom stereocenters. The summed E-state index contributed by atoms with van der Waals surface area (Å²) in [6.07, 6.45) is -0.139. The highest BCUT2D eigenvalue weighted by molar-refractivity contribution is 5.95. The van der Waals surface area contributed by atoms with Crippen molar-refractivity contribution in [2.24, 2.45) is 0 Å². The van der Waals surface area contributed by atoms with Crippen molar-refractivity contribution >= 4 is 23.2 Å². The predicted molar refractivity (Wildman–Crippen MR) is 97.1 cm³/mol. The van der Waals surface area contributed by atoms with E-state index in [2.05, 4.69) is 10.6 Å². The number of benzene rings is 2. The Kier molecular flexibility index (Phi) is 6.39. The lowest BCUT2D eigenvalue weighted by Crippen LogP contribution is -2.32. The van der Waals surface area contributed by atoms with Crippen molar-refractivity contribution in [2.75, 3.05) is 17.7 Å². The number of amides is 2. The standard InChI is InChI=1S/C19H22N2O4/c1-4-16(25-18-8-6-5-7-17(18)24-3)19(23)21-15-11-9-14(10-12-15)20-13(2)22/h5-12,16H,4H2,1-3H3,(H,20,22)(H,21,23)/t16-/m0/s1. The van der Waals surface area contributed by atoms with Crippen LogP contribution in [0.2, 0.25) is 0 Å². The van der Waals surface area contributed by atoms with E-state index < -0.39 is 6.10 Å². The zero-order valence-corrected chi connectivity index (χ0v) is 14.5. The molecule has 0 aromatic heterocycles. The van der Waals surface area contributed by atoms with Gasteiger partial charge in [-0.2, -0.15) is 0 Å². The van der Waals surface area contributed by atoms with E-state index in [-0.39, 0.29) is 11.8 Å². The smallest absolute Gasteiger partial charge is 0.265 e. The van der Waals surface area contributed by atoms with E-state index in [4.69, 9.17) is 9.47 Å². The number of anilines is 2. The zero-order chi connectivity index (χ0) is 18.2. The third kappa shape index (κ3) is 5.24. The number of carbonyl (C=O) groups is 2. The average Bonchev–Trinajstić information content (AvgIpc) is 2.61. The maximum Gasteiger partial charge on any atom is 0.265 e. The van der Waals surface area contributed by atoms with Gasteiger partial charge in [-0.05, 0) is 42.8 Å². The summed E-state index contributed by atoms with van der Waals surface area (Å²) >= 11 is 0. The summed E-state index contributed by atoms with van der Waals surface area (Å²) in [5, 5.41) is 5.49. The molecule has 0 saturated carbocycles. The number of carbonyl (C=O) groups excluding carboxylic acids is 2. The Morgan fingerprint density at radius 1 is 0.960 bits per heavy atom. The minimum Gasteiger partial charge on any atom is -0.493 e. The molecule has 0 radical (unpaired) electrons. The maximum absolute atomic E-state index is 12.5. The average molecular weight is 342 g/mol. The molecule has 2 N–H and O–H groups in total. The minimum atomic E-state index is -0.647. The molecule has 0 fully saturated rings. The highest BCUT2D eigenvalue weighted by Crippen LogP contribution is 2.27. The van der Waals surface area contributed by atoms with Crippen LogP contribution in [-0.4, -0.2) is 25.0 Å². The van der Waals surface area contributed by atoms with Crippen LogP contribution in [0, 0.1) is 0 Å². The molecule has 0 spiro atoms. The van der Waals surface area contributed by atoms with Crippen LogP contribution >= 0.6 is 0 Å². The van der Waals surface area contributed by atoms with Gasteiger partial charge in [-0.25, -0.2) is 0 Å². The molecule has 2 aromatic carbocycles. The van der Waals surface area contributed by atoms with E-state index in [0.29, 0.717) is 29.3 Å². The first-order valence-electron chi connectivity index (χ1n) is 8.01. The molecule has 132 valence electrons. The van der Waals surface area contributed by atoms with Gasteiger partial charge < -0.3 is 20.1 Å². The molecule has 6 nitrogen and oxygen atoms in total. The summed E-state index contributed by atoms with van der Waals surface area (Å²) in [7, 11) is 1.56. The van der Waals surface area contributed by atoms with Gasteiger partial charge in [0.05, 0.1) is 7.11 Å². The Labute approximate surface area is 147 Å². The second kappa shape index (κ2) is 8.73. The van der Waals surface area contributed by atoms with Crippen LogP contribution < -0.4 is 20.1 Å². The van der Waals surface area contributed by atoms with Crippen molar-refractivity contribution in [1.29, 1.82) is 0 Å². The molecule has 0 aliphatic rings. The Morgan fingerprint density at radius 2 is 1.52 bits per heavy atom. The third-order valence-corrected chi connectivity index (χ3v) is 3.47. The number of hydrogen-bond donors (Lipinski definition) is 2. The fraction of sp³-hybridized carbons (Fsp3) is 0.263. The number of ether oxygens (including phenoxy) is 2. The zero-order valence-electron chi connectivity index (χ0n) is 14.5. The van der Waals surface area contributed by atoms with E-state index in [1.807, 2.05) is 19.1 Å². The van der Waals surface area contributed by atoms with Crippen molar-refractivity contribution < 1.29 is 19.1 Å². The van der Waals surface area contributed by atoms with Crippen molar-refractivity contribution in [3.63, 3.8) is 0 Å². The summed E-state index contributed by atoms with van der Waals surface area (Å²) in [5.41, 5.74) is 1.30. The molecule has 0 bridgehead atoms. The van der Waals surface area contributed by atoms with Gasteiger partial charge in [-0.15, -0.1) is 0 Å². The van der Waals surface area contributed by atoms with Gasteiger partial charge in [0, 0.05) is 18.3 Å². The summed E-state index contributed by atoms with van der Waals surface area (Å²) in [4.78, 5) is 23.5. The Morgan fingerprint density at radius 3 is 2.04 bits per heavy atom. The largest absolute Gasteiger partial charge is 0.493 e. The van der Waals surface area contributed by atoms with Crippen LogP contribution in [0.15, 0.2) is 48.5 Å². The number of para-hydroxylation sites is 2. The molecule has 6 heteroatoms. The second-order valence-corrected chi connectivity index (χ2v) is 5.41. The first-order chi connectivity index (χ1) is 12.0. The number of methoxy groups -OCH3 is 1. The summed E-state index contributed by atoms with van der Waals surface area (Å²) in [6, 6.07) is 14.1. The molecule has 2 amide bonds. The van der Waals surface area contributed by atoms with E-state index >= 15 is 0 Å². The molecule has 0 unspecified atom stereocenters. The highest BCUT2D eigenvalue weighted by atomic mass is 16.5. The fourth-order valence-electron chi connectivity index (χ4n) is 2.25. The molecule has 2 aromatic rings. The van der Waals surface area contributed by atoms with Crippen LogP contribution in [0.25, 0.3) is 0 Å². The Hall–Kier alpha value is -3.02. The van der Waals surface area contributed by atoms with Crippen molar-refractivity contribution in [3.05, 3.63) is 48.5 Å². The first kappa shape index (κ1) is 18.3. The highest BCUT2D eigenvalue weighted by Gasteiger charge is 2.20. The summed E-state index contributed by atoms with van der Waals surface area (Å²) < 4.78 is 11.0. The molecule has 0 aliphatic heterocycles. The van der Waals surface area contributed by atoms with E-state index in [1.54, 1.807) is 43.5 Å². The number of nitrogens with one attached hydrogen (secondary N) is 2. The molecule has 2 rings (SSSR count). The topological polar surface area (TPSA) is 76.7 Å². The van der Waals surface area contributed by atoms with Gasteiger partial charge in [-0.3, -0.25) is 9.59 Å². The van der Waals surface area contributed by atoms with Gasteiger partial charge in [0.1, 0.15) is 0 Å². The molecule has 0 saturated heterocycles. The van der Waals surface area contributed by atoms with Crippen LogP contribution in [0.1, 0.15) is 20.3 Å². The SMILES string of the molecule is CC[C@H](Oc1ccccc1OC)C(=O)Nc1ccc(NC(C)=O)cc1. The molecule has 0 aliphatic carbocycles. The monoisotopic (exact) mass is 342 g/mol. The Bertz CT molecular complexity index is 728. The molecule has 0 heterocycles. The molecular weight excluding hydrogens is 320 g/mol. The van der Waals surface area contributed by atoms with Crippen molar-refractivity contribution in [1.82, 2.24) is 0 Å². The van der Waals surface area contributed by atoms with Gasteiger partial charge >= 0.3 is 0 Å². The molecule has 25 heavy (non-hydrogen) atoms. The quantitative estimate of drug-likeness (QED) is 0.808. The van der Waals surface area contributed by atoms with Crippen LogP contribution in [-0.2, 0) is 9.59 Å².